The van der Waals surface area contributed by atoms with E-state index in [2.05, 4.69) is 4.18 Å². The summed E-state index contributed by atoms with van der Waals surface area (Å²) in [5.41, 5.74) is 5.50. The molecule has 0 heterocycles. The maximum absolute atomic E-state index is 11.2. The number of primary amides is 1. The first-order chi connectivity index (χ1) is 6.28. The number of carbonyl (C=O) groups excluding carboxylic acids is 1. The van der Waals surface area contributed by atoms with E-state index in [0.29, 0.717) is 5.54 Å². The number of rotatable bonds is 5. The molecule has 0 saturated heterocycles. The molecule has 7 heteroatoms. The lowest BCUT2D eigenvalue weighted by molar-refractivity contribution is -0.116. The Balaban J connectivity index is 4.59. The van der Waals surface area contributed by atoms with Gasteiger partial charge in [-0.25, -0.2) is 0 Å². The molecule has 0 atom stereocenters. The molecule has 0 bridgehead atoms. The molecular weight excluding hydrogens is 230 g/mol. The van der Waals surface area contributed by atoms with Gasteiger partial charge in [-0.3, -0.25) is 4.79 Å². The maximum Gasteiger partial charge on any atom is 0.309 e. The Morgan fingerprint density at radius 3 is 2.36 bits per heavy atom. The van der Waals surface area contributed by atoms with Gasteiger partial charge in [-0.2, -0.15) is 8.42 Å². The number of hydrogen-bond donors (Lipinski definition) is 1. The van der Waals surface area contributed by atoms with Crippen LogP contribution in [0.15, 0.2) is 11.3 Å². The molecule has 5 nitrogen and oxygen atoms in total. The molecule has 0 fully saturated rings. The molecule has 1 amide bonds. The third kappa shape index (κ3) is 5.08. The average Bonchev–Trinajstić information content (AvgIpc) is 1.97. The lowest BCUT2D eigenvalue weighted by atomic mass is 10.3. The first-order valence-electron chi connectivity index (χ1n) is 3.81. The van der Waals surface area contributed by atoms with Gasteiger partial charge in [-0.15, -0.1) is 0 Å². The second-order valence-corrected chi connectivity index (χ2v) is 4.87. The Kier molecular flexibility index (Phi) is 4.93. The monoisotopic (exact) mass is 241 g/mol. The van der Waals surface area contributed by atoms with Crippen molar-refractivity contribution >= 4 is 27.6 Å². The number of hydrogen-bond acceptors (Lipinski definition) is 4. The third-order valence-corrected chi connectivity index (χ3v) is 2.80. The third-order valence-electron chi connectivity index (χ3n) is 1.10. The lowest BCUT2D eigenvalue weighted by Gasteiger charge is -2.08. The second-order valence-electron chi connectivity index (χ2n) is 3.04. The van der Waals surface area contributed by atoms with Gasteiger partial charge in [0.2, 0.25) is 5.76 Å². The van der Waals surface area contributed by atoms with E-state index in [4.69, 9.17) is 17.3 Å². The summed E-state index contributed by atoms with van der Waals surface area (Å²) in [6.07, 6.45) is 0. The molecular formula is C7H12ClNO4S. The first-order valence-corrected chi connectivity index (χ1v) is 5.82. The van der Waals surface area contributed by atoms with Crippen molar-refractivity contribution in [2.75, 3.05) is 5.75 Å². The van der Waals surface area contributed by atoms with E-state index in [0.717, 1.165) is 0 Å². The zero-order chi connectivity index (χ0) is 11.4. The molecule has 82 valence electrons. The van der Waals surface area contributed by atoms with Gasteiger partial charge in [0.1, 0.15) is 0 Å². The summed E-state index contributed by atoms with van der Waals surface area (Å²) in [6, 6.07) is 0. The quantitative estimate of drug-likeness (QED) is 0.433. The lowest BCUT2D eigenvalue weighted by Crippen LogP contribution is -2.21. The van der Waals surface area contributed by atoms with E-state index in [9.17, 15) is 13.2 Å². The molecule has 0 aromatic heterocycles. The van der Waals surface area contributed by atoms with Crippen LogP contribution in [-0.4, -0.2) is 20.1 Å². The Morgan fingerprint density at radius 2 is 2.07 bits per heavy atom. The first kappa shape index (κ1) is 13.2. The molecule has 2 N–H and O–H groups in total. The fourth-order valence-electron chi connectivity index (χ4n) is 0.692. The van der Waals surface area contributed by atoms with Crippen molar-refractivity contribution in [3.05, 3.63) is 11.3 Å². The van der Waals surface area contributed by atoms with Gasteiger partial charge >= 0.3 is 10.1 Å². The van der Waals surface area contributed by atoms with E-state index in [-0.39, 0.29) is 11.7 Å². The molecule has 0 aromatic carbocycles. The van der Waals surface area contributed by atoms with E-state index in [1.54, 1.807) is 13.8 Å². The predicted molar refractivity (Wildman–Crippen MR) is 52.8 cm³/mol. The van der Waals surface area contributed by atoms with Gasteiger partial charge in [0, 0.05) is 0 Å². The standard InChI is InChI=1S/C7H12ClNO4S/c1-5(2)4-14(11,12)13-6(3-8)7(9)10/h3,5H,4H2,1-2H3,(H2,9,10)/b6-3+. The summed E-state index contributed by atoms with van der Waals surface area (Å²) in [5, 5.41) is 0. The molecule has 0 radical (unpaired) electrons. The van der Waals surface area contributed by atoms with E-state index in [1.165, 1.54) is 0 Å². The Labute approximate surface area is 88.0 Å². The highest BCUT2D eigenvalue weighted by Gasteiger charge is 2.19. The zero-order valence-electron chi connectivity index (χ0n) is 7.86. The largest absolute Gasteiger partial charge is 0.376 e. The number of halogens is 1. The van der Waals surface area contributed by atoms with E-state index < -0.39 is 21.8 Å². The molecule has 0 spiro atoms. The fourth-order valence-corrected chi connectivity index (χ4v) is 2.19. The minimum Gasteiger partial charge on any atom is -0.376 e. The van der Waals surface area contributed by atoms with Crippen molar-refractivity contribution in [1.29, 1.82) is 0 Å². The summed E-state index contributed by atoms with van der Waals surface area (Å²) in [5.74, 6) is -1.90. The van der Waals surface area contributed by atoms with Gasteiger partial charge in [-0.1, -0.05) is 25.4 Å². The van der Waals surface area contributed by atoms with Gasteiger partial charge in [0.25, 0.3) is 5.91 Å². The predicted octanol–water partition coefficient (Wildman–Crippen LogP) is 0.554. The van der Waals surface area contributed by atoms with Gasteiger partial charge < -0.3 is 9.92 Å². The van der Waals surface area contributed by atoms with Crippen LogP contribution >= 0.6 is 11.6 Å². The molecule has 0 saturated carbocycles. The molecule has 0 aliphatic heterocycles. The fraction of sp³-hybridized carbons (Fsp3) is 0.571. The topological polar surface area (TPSA) is 86.5 Å². The second kappa shape index (κ2) is 5.21. The van der Waals surface area contributed by atoms with Crippen LogP contribution in [0.4, 0.5) is 0 Å². The van der Waals surface area contributed by atoms with Crippen molar-refractivity contribution in [2.24, 2.45) is 11.7 Å². The van der Waals surface area contributed by atoms with Gasteiger partial charge in [0.15, 0.2) is 0 Å². The van der Waals surface area contributed by atoms with E-state index >= 15 is 0 Å². The van der Waals surface area contributed by atoms with Crippen LogP contribution in [0.1, 0.15) is 13.8 Å². The zero-order valence-corrected chi connectivity index (χ0v) is 9.43. The Hall–Kier alpha value is -0.750. The number of carbonyl (C=O) groups is 1. The van der Waals surface area contributed by atoms with Crippen LogP contribution in [0, 0.1) is 5.92 Å². The molecule has 0 aromatic rings. The highest BCUT2D eigenvalue weighted by atomic mass is 35.5. The SMILES string of the molecule is CC(C)CS(=O)(=O)O/C(=C/Cl)C(N)=O. The highest BCUT2D eigenvalue weighted by Crippen LogP contribution is 2.09. The Bertz CT molecular complexity index is 334. The molecule has 0 unspecified atom stereocenters. The molecule has 14 heavy (non-hydrogen) atoms. The summed E-state index contributed by atoms with van der Waals surface area (Å²) in [4.78, 5) is 10.6. The van der Waals surface area contributed by atoms with Crippen molar-refractivity contribution < 1.29 is 17.4 Å². The van der Waals surface area contributed by atoms with Crippen molar-refractivity contribution in [1.82, 2.24) is 0 Å². The van der Waals surface area contributed by atoms with Crippen LogP contribution in [0.2, 0.25) is 0 Å². The van der Waals surface area contributed by atoms with Crippen molar-refractivity contribution in [3.63, 3.8) is 0 Å². The minimum absolute atomic E-state index is 0.107. The average molecular weight is 242 g/mol. The van der Waals surface area contributed by atoms with Crippen LogP contribution in [0.5, 0.6) is 0 Å². The molecule has 0 aliphatic carbocycles. The van der Waals surface area contributed by atoms with Crippen molar-refractivity contribution in [3.8, 4) is 0 Å². The summed E-state index contributed by atoms with van der Waals surface area (Å²) in [7, 11) is -3.79. The molecule has 0 aliphatic rings. The van der Waals surface area contributed by atoms with Crippen LogP contribution in [-0.2, 0) is 19.1 Å². The van der Waals surface area contributed by atoms with Crippen LogP contribution < -0.4 is 5.73 Å². The van der Waals surface area contributed by atoms with Crippen molar-refractivity contribution in [2.45, 2.75) is 13.8 Å². The van der Waals surface area contributed by atoms with Crippen LogP contribution in [0.3, 0.4) is 0 Å². The Morgan fingerprint density at radius 1 is 1.57 bits per heavy atom. The number of nitrogens with two attached hydrogens (primary N) is 1. The van der Waals surface area contributed by atoms with Gasteiger partial charge in [0.05, 0.1) is 11.3 Å². The summed E-state index contributed by atoms with van der Waals surface area (Å²) < 4.78 is 26.8. The smallest absolute Gasteiger partial charge is 0.309 e. The highest BCUT2D eigenvalue weighted by molar-refractivity contribution is 7.86. The minimum atomic E-state index is -3.79. The molecule has 0 rings (SSSR count). The van der Waals surface area contributed by atoms with Crippen LogP contribution in [0.25, 0.3) is 0 Å². The number of amides is 1. The van der Waals surface area contributed by atoms with E-state index in [1.807, 2.05) is 0 Å². The maximum atomic E-state index is 11.2. The summed E-state index contributed by atoms with van der Waals surface area (Å²) >= 11 is 5.15. The normalized spacial score (nSPS) is 13.0. The summed E-state index contributed by atoms with van der Waals surface area (Å²) in [6.45, 7) is 3.41. The van der Waals surface area contributed by atoms with Gasteiger partial charge in [-0.05, 0) is 5.92 Å².